The van der Waals surface area contributed by atoms with Crippen molar-refractivity contribution in [3.8, 4) is 94.7 Å². The monoisotopic (exact) mass is 1030 g/mol. The van der Waals surface area contributed by atoms with Crippen LogP contribution in [0, 0.1) is 100 Å². The Balaban J connectivity index is 0.000000272. The first-order valence-corrected chi connectivity index (χ1v) is 24.9. The fourth-order valence-corrected chi connectivity index (χ4v) is 6.46. The summed E-state index contributed by atoms with van der Waals surface area (Å²) in [6.07, 6.45) is 24.1. The first-order chi connectivity index (χ1) is 35.7. The maximum Gasteiger partial charge on any atom is 0.133 e. The van der Waals surface area contributed by atoms with Crippen LogP contribution in [0.5, 0.6) is 0 Å². The summed E-state index contributed by atoms with van der Waals surface area (Å²) >= 11 is 0. The maximum absolute atomic E-state index is 10.5. The Hall–Kier alpha value is -7.48. The van der Waals surface area contributed by atoms with Gasteiger partial charge in [-0.1, -0.05) is 73.0 Å². The van der Waals surface area contributed by atoms with E-state index in [-0.39, 0.29) is 18.6 Å². The van der Waals surface area contributed by atoms with Crippen molar-refractivity contribution in [1.82, 2.24) is 39.9 Å². The molecule has 4 aromatic heterocycles. The Bertz CT molecular complexity index is 2870. The van der Waals surface area contributed by atoms with E-state index in [1.807, 2.05) is 0 Å². The topological polar surface area (TPSA) is 245 Å². The van der Waals surface area contributed by atoms with Crippen LogP contribution in [-0.2, 0) is 0 Å². The minimum absolute atomic E-state index is 0.110. The smallest absolute Gasteiger partial charge is 0.133 e. The molecule has 2 saturated carbocycles. The van der Waals surface area contributed by atoms with E-state index in [2.05, 4.69) is 142 Å². The molecule has 0 unspecified atom stereocenters. The van der Waals surface area contributed by atoms with Crippen LogP contribution in [0.1, 0.15) is 185 Å². The zero-order chi connectivity index (χ0) is 56.1. The summed E-state index contributed by atoms with van der Waals surface area (Å²) in [6.45, 7) is 15.0. The molecule has 0 radical (unpaired) electrons. The summed E-state index contributed by atoms with van der Waals surface area (Å²) in [5.41, 5.74) is -0.461. The molecule has 0 aromatic carbocycles. The summed E-state index contributed by atoms with van der Waals surface area (Å²) in [5, 5.41) is 65.4. The molecule has 0 aliphatic heterocycles. The number of hydrogen-bond donors (Lipinski definition) is 7. The molecular weight excluding hydrogens is 957 g/mol. The van der Waals surface area contributed by atoms with Gasteiger partial charge in [-0.15, -0.1) is 0 Å². The van der Waals surface area contributed by atoms with Crippen molar-refractivity contribution in [2.45, 2.75) is 167 Å². The fourth-order valence-electron chi connectivity index (χ4n) is 6.46. The van der Waals surface area contributed by atoms with Crippen LogP contribution in [0.3, 0.4) is 0 Å². The fraction of sp³-hybridized carbons (Fsp3) is 0.475. The van der Waals surface area contributed by atoms with Gasteiger partial charge in [-0.2, -0.15) is 0 Å². The highest BCUT2D eigenvalue weighted by molar-refractivity contribution is 5.37. The number of aromatic nitrogens is 8. The standard InChI is InChI=1S/C21H26N2O.C16H20N2O2.C14H16N2O2.C10H8N2O2/c1-20(10-4-2-5-11-20)14-8-18-16-22-17-19(23-18)9-15-21(24)12-6-3-7-13-21;1-15(2,19)9-5-7-13-11-17-12-14(18-13)8-6-10-16(3,4)20;1-13(2,17)7-5-11-9-15-10-12(16-11)6-8-14(3,4)18;13-5-1-3-9-7-11-8-10(12-9)4-2-6-14/h16-17,24H,2-7,10-13H2,1H3;11-12,19-20H,9-10H2,1-4H3;9-10,17-18H,1-4H3;7-8,13-14H,5-6H2. The molecule has 2 fully saturated rings. The molecule has 4 heterocycles. The normalized spacial score (nSPS) is 13.9. The third kappa shape index (κ3) is 29.4. The van der Waals surface area contributed by atoms with Gasteiger partial charge in [0.25, 0.3) is 0 Å². The van der Waals surface area contributed by atoms with Crippen molar-refractivity contribution in [2.75, 3.05) is 13.2 Å². The van der Waals surface area contributed by atoms with Crippen molar-refractivity contribution >= 4 is 0 Å². The number of aliphatic hydroxyl groups is 7. The number of aliphatic hydroxyl groups excluding tert-OH is 2. The first kappa shape index (κ1) is 62.8. The van der Waals surface area contributed by atoms with Gasteiger partial charge in [-0.05, 0) is 148 Å². The molecule has 396 valence electrons. The van der Waals surface area contributed by atoms with Crippen LogP contribution in [0.4, 0.5) is 0 Å². The van der Waals surface area contributed by atoms with E-state index in [9.17, 15) is 25.5 Å². The van der Waals surface area contributed by atoms with Crippen molar-refractivity contribution < 1.29 is 35.7 Å². The molecule has 0 saturated heterocycles. The summed E-state index contributed by atoms with van der Waals surface area (Å²) in [5.74, 6) is 44.9. The molecule has 0 spiro atoms. The SMILES string of the molecule is CC(C)(O)C#Cc1cncc(C#CC(C)(C)O)n1.CC(C)(O)CC#Cc1cncc(C#CCC(C)(C)O)n1.CC1(C#Cc2cncc(C#CC3(O)CCCCC3)n2)CCCCC1.OCC#Cc1cncc(C#CCO)n1. The molecule has 15 heteroatoms. The molecule has 15 nitrogen and oxygen atoms in total. The Morgan fingerprint density at radius 1 is 0.408 bits per heavy atom. The molecule has 2 aliphatic rings. The second-order valence-electron chi connectivity index (χ2n) is 20.5. The average Bonchev–Trinajstić information content (AvgIpc) is 3.35. The summed E-state index contributed by atoms with van der Waals surface area (Å²) in [4.78, 5) is 32.9. The van der Waals surface area contributed by atoms with E-state index in [0.29, 0.717) is 58.4 Å². The molecule has 7 N–H and O–H groups in total. The Morgan fingerprint density at radius 2 is 0.697 bits per heavy atom. The third-order valence-electron chi connectivity index (χ3n) is 10.2. The van der Waals surface area contributed by atoms with E-state index in [1.165, 1.54) is 63.3 Å². The minimum atomic E-state index is -1.07. The second-order valence-corrected chi connectivity index (χ2v) is 20.5. The third-order valence-corrected chi connectivity index (χ3v) is 10.2. The van der Waals surface area contributed by atoms with Crippen LogP contribution >= 0.6 is 0 Å². The molecular formula is C61H70N8O7. The zero-order valence-corrected chi connectivity index (χ0v) is 45.2. The molecule has 0 atom stereocenters. The number of hydrogen-bond acceptors (Lipinski definition) is 15. The van der Waals surface area contributed by atoms with Gasteiger partial charge in [0.05, 0.1) is 60.8 Å². The Kier molecular flexibility index (Phi) is 25.4. The number of nitrogens with zero attached hydrogens (tertiary/aromatic N) is 8. The van der Waals surface area contributed by atoms with E-state index in [0.717, 1.165) is 25.7 Å². The van der Waals surface area contributed by atoms with Gasteiger partial charge in [-0.3, -0.25) is 19.9 Å². The minimum Gasteiger partial charge on any atom is -0.389 e. The van der Waals surface area contributed by atoms with Crippen molar-refractivity contribution in [3.63, 3.8) is 0 Å². The Morgan fingerprint density at radius 3 is 1.01 bits per heavy atom. The molecule has 6 rings (SSSR count). The van der Waals surface area contributed by atoms with Crippen molar-refractivity contribution in [1.29, 1.82) is 0 Å². The lowest BCUT2D eigenvalue weighted by atomic mass is 9.76. The van der Waals surface area contributed by atoms with Gasteiger partial charge in [0.2, 0.25) is 0 Å². The highest BCUT2D eigenvalue weighted by atomic mass is 16.3. The van der Waals surface area contributed by atoms with Crippen LogP contribution in [0.15, 0.2) is 49.6 Å². The van der Waals surface area contributed by atoms with Gasteiger partial charge >= 0.3 is 0 Å². The van der Waals surface area contributed by atoms with Crippen LogP contribution in [0.25, 0.3) is 0 Å². The lowest BCUT2D eigenvalue weighted by molar-refractivity contribution is 0.0610. The first-order valence-electron chi connectivity index (χ1n) is 24.9. The van der Waals surface area contributed by atoms with Gasteiger partial charge in [0.1, 0.15) is 75.6 Å². The molecule has 0 amide bonds. The number of rotatable bonds is 2. The van der Waals surface area contributed by atoms with Crippen molar-refractivity contribution in [2.24, 2.45) is 5.41 Å². The predicted molar refractivity (Wildman–Crippen MR) is 291 cm³/mol. The van der Waals surface area contributed by atoms with E-state index in [1.54, 1.807) is 80.2 Å². The van der Waals surface area contributed by atoms with E-state index >= 15 is 0 Å². The second kappa shape index (κ2) is 30.8. The predicted octanol–water partition coefficient (Wildman–Crippen LogP) is 5.23. The van der Waals surface area contributed by atoms with Gasteiger partial charge in [0.15, 0.2) is 0 Å². The van der Waals surface area contributed by atoms with Crippen LogP contribution < -0.4 is 0 Å². The summed E-state index contributed by atoms with van der Waals surface area (Å²) < 4.78 is 0. The highest BCUT2D eigenvalue weighted by Gasteiger charge is 2.27. The van der Waals surface area contributed by atoms with E-state index in [4.69, 9.17) is 10.2 Å². The van der Waals surface area contributed by atoms with Gasteiger partial charge in [0, 0.05) is 18.3 Å². The largest absolute Gasteiger partial charge is 0.389 e. The van der Waals surface area contributed by atoms with Gasteiger partial charge < -0.3 is 35.7 Å². The van der Waals surface area contributed by atoms with Crippen LogP contribution in [0.2, 0.25) is 0 Å². The lowest BCUT2D eigenvalue weighted by Gasteiger charge is -2.27. The molecule has 0 bridgehead atoms. The average molecular weight is 1030 g/mol. The molecule has 76 heavy (non-hydrogen) atoms. The highest BCUT2D eigenvalue weighted by Crippen LogP contribution is 2.35. The van der Waals surface area contributed by atoms with Crippen molar-refractivity contribution in [3.05, 3.63) is 95.1 Å². The molecule has 2 aliphatic carbocycles. The quantitative estimate of drug-likeness (QED) is 0.127. The summed E-state index contributed by atoms with van der Waals surface area (Å²) in [6, 6.07) is 0. The lowest BCUT2D eigenvalue weighted by Crippen LogP contribution is -2.29. The maximum atomic E-state index is 10.5. The Labute approximate surface area is 449 Å². The van der Waals surface area contributed by atoms with Crippen LogP contribution in [-0.4, -0.2) is 117 Å². The van der Waals surface area contributed by atoms with Gasteiger partial charge in [-0.25, -0.2) is 19.9 Å². The molecule has 4 aromatic rings. The zero-order valence-electron chi connectivity index (χ0n) is 45.2. The van der Waals surface area contributed by atoms with E-state index < -0.39 is 28.0 Å². The summed E-state index contributed by atoms with van der Waals surface area (Å²) in [7, 11) is 0.